The third-order valence-corrected chi connectivity index (χ3v) is 7.31. The summed E-state index contributed by atoms with van der Waals surface area (Å²) in [4.78, 5) is 12.9. The van der Waals surface area contributed by atoms with Crippen molar-refractivity contribution in [3.8, 4) is 0 Å². The van der Waals surface area contributed by atoms with Crippen LogP contribution in [0.25, 0.3) is 0 Å². The van der Waals surface area contributed by atoms with Crippen LogP contribution in [-0.2, 0) is 24.7 Å². The lowest BCUT2D eigenvalue weighted by Crippen LogP contribution is -2.41. The topological polar surface area (TPSA) is 101 Å². The predicted molar refractivity (Wildman–Crippen MR) is 119 cm³/mol. The number of sulfone groups is 1. The molecule has 0 aliphatic rings. The molecule has 0 saturated heterocycles. The third kappa shape index (κ3) is 5.96. The Labute approximate surface area is 183 Å². The van der Waals surface area contributed by atoms with Gasteiger partial charge in [0.15, 0.2) is 9.84 Å². The van der Waals surface area contributed by atoms with E-state index >= 15 is 0 Å². The molecule has 1 unspecified atom stereocenters. The van der Waals surface area contributed by atoms with Gasteiger partial charge in [0.2, 0.25) is 15.9 Å². The number of nitrogens with zero attached hydrogens (tertiary/aromatic N) is 1. The Morgan fingerprint density at radius 2 is 1.67 bits per heavy atom. The quantitative estimate of drug-likeness (QED) is 0.636. The van der Waals surface area contributed by atoms with Gasteiger partial charge in [0, 0.05) is 11.3 Å². The second kappa shape index (κ2) is 9.36. The Balaban J connectivity index is 2.24. The van der Waals surface area contributed by atoms with E-state index in [0.29, 0.717) is 22.7 Å². The van der Waals surface area contributed by atoms with Crippen molar-refractivity contribution in [3.05, 3.63) is 58.6 Å². The lowest BCUT2D eigenvalue weighted by atomic mass is 10.0. The van der Waals surface area contributed by atoms with E-state index in [0.717, 1.165) is 22.4 Å². The first kappa shape index (κ1) is 24.2. The monoisotopic (exact) mass is 472 g/mol. The van der Waals surface area contributed by atoms with Gasteiger partial charge in [0.25, 0.3) is 0 Å². The summed E-state index contributed by atoms with van der Waals surface area (Å²) in [6.07, 6.45) is 2.69. The van der Waals surface area contributed by atoms with Gasteiger partial charge in [0.1, 0.15) is 6.54 Å². The molecule has 30 heavy (non-hydrogen) atoms. The Bertz CT molecular complexity index is 1130. The van der Waals surface area contributed by atoms with Gasteiger partial charge in [-0.1, -0.05) is 36.7 Å². The molecule has 1 amide bonds. The molecular weight excluding hydrogens is 448 g/mol. The van der Waals surface area contributed by atoms with Crippen LogP contribution in [0.5, 0.6) is 0 Å². The van der Waals surface area contributed by atoms with Crippen molar-refractivity contribution >= 4 is 43.1 Å². The Morgan fingerprint density at radius 1 is 1.07 bits per heavy atom. The van der Waals surface area contributed by atoms with Gasteiger partial charge in [-0.3, -0.25) is 9.10 Å². The second-order valence-corrected chi connectivity index (χ2v) is 11.4. The summed E-state index contributed by atoms with van der Waals surface area (Å²) in [5.74, 6) is -0.487. The molecule has 0 saturated carbocycles. The third-order valence-electron chi connectivity index (χ3n) is 4.65. The van der Waals surface area contributed by atoms with Crippen LogP contribution in [0.1, 0.15) is 30.5 Å². The van der Waals surface area contributed by atoms with Gasteiger partial charge in [-0.05, 0) is 48.7 Å². The molecule has 0 aliphatic carbocycles. The van der Waals surface area contributed by atoms with Crippen LogP contribution in [0.4, 0.5) is 5.69 Å². The molecule has 0 fully saturated rings. The molecule has 0 bridgehead atoms. The Morgan fingerprint density at radius 3 is 2.17 bits per heavy atom. The van der Waals surface area contributed by atoms with E-state index in [4.69, 9.17) is 11.6 Å². The molecule has 2 aromatic carbocycles. The van der Waals surface area contributed by atoms with Crippen molar-refractivity contribution in [2.24, 2.45) is 0 Å². The van der Waals surface area contributed by atoms with E-state index in [1.165, 1.54) is 12.1 Å². The van der Waals surface area contributed by atoms with Crippen LogP contribution in [0.3, 0.4) is 0 Å². The maximum atomic E-state index is 12.7. The van der Waals surface area contributed by atoms with Gasteiger partial charge in [0.05, 0.1) is 22.9 Å². The van der Waals surface area contributed by atoms with Crippen molar-refractivity contribution in [1.29, 1.82) is 0 Å². The van der Waals surface area contributed by atoms with E-state index in [1.807, 2.05) is 6.92 Å². The first-order valence-corrected chi connectivity index (χ1v) is 13.3. The van der Waals surface area contributed by atoms with E-state index in [-0.39, 0.29) is 4.90 Å². The minimum Gasteiger partial charge on any atom is -0.348 e. The van der Waals surface area contributed by atoms with Crippen LogP contribution < -0.4 is 9.62 Å². The maximum absolute atomic E-state index is 12.7. The van der Waals surface area contributed by atoms with Crippen LogP contribution in [0, 0.1) is 6.92 Å². The Hall–Kier alpha value is -2.10. The molecule has 1 N–H and O–H groups in total. The minimum absolute atomic E-state index is 0.187. The highest BCUT2D eigenvalue weighted by Gasteiger charge is 2.24. The van der Waals surface area contributed by atoms with E-state index in [2.05, 4.69) is 5.32 Å². The van der Waals surface area contributed by atoms with Gasteiger partial charge < -0.3 is 5.32 Å². The van der Waals surface area contributed by atoms with Crippen molar-refractivity contribution in [3.63, 3.8) is 0 Å². The average molecular weight is 473 g/mol. The molecule has 10 heteroatoms. The fraction of sp³-hybridized carbons (Fsp3) is 0.350. The molecular formula is C20H25ClN2O5S2. The minimum atomic E-state index is -3.73. The Kier molecular flexibility index (Phi) is 7.54. The number of hydrogen-bond donors (Lipinski definition) is 1. The van der Waals surface area contributed by atoms with Crippen LogP contribution in [-0.4, -0.2) is 41.8 Å². The zero-order valence-corrected chi connectivity index (χ0v) is 19.6. The SMILES string of the molecule is CCC(NC(=O)CN(c1cccc(Cl)c1C)S(C)(=O)=O)c1ccc(S(C)(=O)=O)cc1. The normalized spacial score (nSPS) is 13.0. The molecule has 0 aliphatic heterocycles. The highest BCUT2D eigenvalue weighted by molar-refractivity contribution is 7.92. The highest BCUT2D eigenvalue weighted by atomic mass is 35.5. The number of sulfonamides is 1. The fourth-order valence-electron chi connectivity index (χ4n) is 2.99. The number of hydrogen-bond acceptors (Lipinski definition) is 5. The van der Waals surface area contributed by atoms with Gasteiger partial charge >= 0.3 is 0 Å². The van der Waals surface area contributed by atoms with Crippen molar-refractivity contribution in [2.75, 3.05) is 23.4 Å². The highest BCUT2D eigenvalue weighted by Crippen LogP contribution is 2.28. The second-order valence-electron chi connectivity index (χ2n) is 7.02. The summed E-state index contributed by atoms with van der Waals surface area (Å²) in [5, 5.41) is 3.22. The molecule has 2 rings (SSSR count). The first-order chi connectivity index (χ1) is 13.8. The summed E-state index contributed by atoms with van der Waals surface area (Å²) in [6.45, 7) is 3.15. The number of nitrogens with one attached hydrogen (secondary N) is 1. The standard InChI is InChI=1S/C20H25ClN2O5S2/c1-5-18(15-9-11-16(12-10-15)29(3,25)26)22-20(24)13-23(30(4,27)28)19-8-6-7-17(21)14(19)2/h6-12,18H,5,13H2,1-4H3,(H,22,24). The number of amides is 1. The summed E-state index contributed by atoms with van der Waals surface area (Å²) < 4.78 is 48.9. The van der Waals surface area contributed by atoms with E-state index in [1.54, 1.807) is 37.3 Å². The molecule has 0 heterocycles. The van der Waals surface area contributed by atoms with Gasteiger partial charge in [-0.2, -0.15) is 0 Å². The summed E-state index contributed by atoms with van der Waals surface area (Å²) >= 11 is 6.11. The van der Waals surface area contributed by atoms with E-state index < -0.39 is 38.4 Å². The summed E-state index contributed by atoms with van der Waals surface area (Å²) in [6, 6.07) is 10.7. The van der Waals surface area contributed by atoms with Crippen LogP contribution in [0.2, 0.25) is 5.02 Å². The predicted octanol–water partition coefficient (Wildman–Crippen LogP) is 3.09. The fourth-order valence-corrected chi connectivity index (χ4v) is 4.69. The van der Waals surface area contributed by atoms with Crippen LogP contribution in [0.15, 0.2) is 47.4 Å². The zero-order valence-electron chi connectivity index (χ0n) is 17.2. The maximum Gasteiger partial charge on any atom is 0.241 e. The number of carbonyl (C=O) groups is 1. The molecule has 7 nitrogen and oxygen atoms in total. The smallest absolute Gasteiger partial charge is 0.241 e. The molecule has 0 aromatic heterocycles. The number of halogens is 1. The molecule has 0 radical (unpaired) electrons. The van der Waals surface area contributed by atoms with Gasteiger partial charge in [-0.15, -0.1) is 0 Å². The number of carbonyl (C=O) groups excluding carboxylic acids is 1. The number of anilines is 1. The average Bonchev–Trinajstić information content (AvgIpc) is 2.65. The number of rotatable bonds is 8. The lowest BCUT2D eigenvalue weighted by molar-refractivity contribution is -0.120. The zero-order chi connectivity index (χ0) is 22.7. The molecule has 164 valence electrons. The molecule has 1 atom stereocenters. The van der Waals surface area contributed by atoms with Crippen molar-refractivity contribution in [2.45, 2.75) is 31.2 Å². The first-order valence-electron chi connectivity index (χ1n) is 9.16. The number of benzene rings is 2. The largest absolute Gasteiger partial charge is 0.348 e. The van der Waals surface area contributed by atoms with Crippen molar-refractivity contribution in [1.82, 2.24) is 5.32 Å². The lowest BCUT2D eigenvalue weighted by Gasteiger charge is -2.25. The summed E-state index contributed by atoms with van der Waals surface area (Å²) in [5.41, 5.74) is 1.62. The van der Waals surface area contributed by atoms with Crippen molar-refractivity contribution < 1.29 is 21.6 Å². The van der Waals surface area contributed by atoms with Crippen LogP contribution >= 0.6 is 11.6 Å². The molecule has 2 aromatic rings. The summed E-state index contributed by atoms with van der Waals surface area (Å²) in [7, 11) is -7.05. The van der Waals surface area contributed by atoms with Gasteiger partial charge in [-0.25, -0.2) is 16.8 Å². The van der Waals surface area contributed by atoms with E-state index in [9.17, 15) is 21.6 Å². The molecule has 0 spiro atoms.